The third kappa shape index (κ3) is 22.2. The van der Waals surface area contributed by atoms with E-state index in [9.17, 15) is 38.7 Å². The summed E-state index contributed by atoms with van der Waals surface area (Å²) in [6, 6.07) is -13.8. The number of rotatable bonds is 17. The molecule has 2 rings (SSSR count). The molecule has 1 aromatic rings. The summed E-state index contributed by atoms with van der Waals surface area (Å²) in [5, 5.41) is 23.5. The molecule has 0 unspecified atom stereocenters. The molecular weight excluding hydrogens is 1170 g/mol. The fraction of sp³-hybridized carbons (Fsp3) is 0.773. The lowest BCUT2D eigenvalue weighted by atomic mass is 9.90. The molecule has 1 fully saturated rings. The second kappa shape index (κ2) is 36.5. The Hall–Kier alpha value is -6.79. The summed E-state index contributed by atoms with van der Waals surface area (Å²) in [6.07, 6.45) is 5.18. The first-order valence-electron chi connectivity index (χ1n) is 32.7. The Labute approximate surface area is 543 Å². The fourth-order valence-corrected chi connectivity index (χ4v) is 11.6. The second-order valence-corrected chi connectivity index (χ2v) is 27.8. The third-order valence-corrected chi connectivity index (χ3v) is 17.5. The molecule has 0 aliphatic carbocycles. The van der Waals surface area contributed by atoms with Crippen molar-refractivity contribution in [3.63, 3.8) is 0 Å². The van der Waals surface area contributed by atoms with Crippen molar-refractivity contribution in [2.45, 2.75) is 242 Å². The zero-order chi connectivity index (χ0) is 70.0. The van der Waals surface area contributed by atoms with E-state index in [1.54, 1.807) is 60.1 Å². The Morgan fingerprint density at radius 3 is 1.35 bits per heavy atom. The molecule has 516 valence electrons. The number of aliphatic hydroxyl groups excluding tert-OH is 1. The van der Waals surface area contributed by atoms with Gasteiger partial charge in [0, 0.05) is 67.9 Å². The minimum Gasteiger partial charge on any atom is -0.390 e. The van der Waals surface area contributed by atoms with Crippen molar-refractivity contribution in [2.24, 2.45) is 41.4 Å². The van der Waals surface area contributed by atoms with Gasteiger partial charge in [0.15, 0.2) is 0 Å². The van der Waals surface area contributed by atoms with Gasteiger partial charge in [-0.2, -0.15) is 0 Å². The van der Waals surface area contributed by atoms with Gasteiger partial charge in [-0.1, -0.05) is 96.9 Å². The molecule has 1 saturated heterocycles. The highest BCUT2D eigenvalue weighted by Crippen LogP contribution is 2.26. The van der Waals surface area contributed by atoms with Crippen LogP contribution in [0.4, 0.5) is 0 Å². The molecule has 0 radical (unpaired) electrons. The van der Waals surface area contributed by atoms with E-state index < -0.39 is 155 Å². The average Bonchev–Trinajstić information content (AvgIpc) is 0.883. The van der Waals surface area contributed by atoms with Gasteiger partial charge in [0.1, 0.15) is 66.5 Å². The lowest BCUT2D eigenvalue weighted by Crippen LogP contribution is -2.64. The molecule has 0 bridgehead atoms. The summed E-state index contributed by atoms with van der Waals surface area (Å²) < 4.78 is 0. The van der Waals surface area contributed by atoms with Gasteiger partial charge in [-0.25, -0.2) is 0 Å². The number of hydrogen-bond acceptors (Lipinski definition) is 14. The number of likely N-dealkylation sites (N-methyl/N-ethyl adjacent to an activating group) is 7. The largest absolute Gasteiger partial charge is 0.390 e. The number of carbonyl (C=O) groups is 11. The number of aryl methyl sites for hydroxylation is 1. The number of nitrogens with one attached hydrogen (secondary N) is 4. The normalized spacial score (nSPS) is 26.6. The molecule has 1 aliphatic heterocycles. The van der Waals surface area contributed by atoms with Crippen molar-refractivity contribution < 1.29 is 57.8 Å². The Balaban J connectivity index is 3.00. The maximum atomic E-state index is 15.4. The maximum Gasteiger partial charge on any atom is 0.246 e. The topological polar surface area (TPSA) is 305 Å². The quantitative estimate of drug-likeness (QED) is 0.149. The molecule has 0 spiro atoms. The van der Waals surface area contributed by atoms with Crippen LogP contribution in [0.15, 0.2) is 18.6 Å². The van der Waals surface area contributed by atoms with E-state index >= 15 is 19.2 Å². The summed E-state index contributed by atoms with van der Waals surface area (Å²) in [5.74, 6) is -9.90. The first kappa shape index (κ1) is 80.3. The number of hydrogen-bond donors (Lipinski definition) is 5. The van der Waals surface area contributed by atoms with Crippen LogP contribution in [0.5, 0.6) is 0 Å². The van der Waals surface area contributed by atoms with E-state index in [1.807, 2.05) is 55.4 Å². The molecule has 25 heteroatoms. The summed E-state index contributed by atoms with van der Waals surface area (Å²) in [7, 11) is 9.95. The standard InChI is InChI=1S/C66H115N13O12/c1-25-47-62(87)73(18)45(17)61(86)74(19)49(32-37(4)5)58(83)72-52(40(10)11)65(90)75(20)48(31-36(2)3)57(82)69-43(15)56(81)70-44(16)60(85)76(21)50(33-38(6)7)63(88)77(22)51(34-39(8)9)64(89)78(23)53(41(12)13)66(91)79(24)54(59(84)71-47)55(80)42(14)27-26-28-46-35-67-29-30-68-46/h29-30,35-45,47-55,80H,25-28,31-34H2,1-24H3,(H,69,82)(H,70,81)(H,71,84)(H,72,83)/t42-,43+,44-,45-,47+,48+,49+,50+,51+,52+,53+,54-,55-/m1/s1. The van der Waals surface area contributed by atoms with Crippen molar-refractivity contribution in [1.29, 1.82) is 0 Å². The van der Waals surface area contributed by atoms with Crippen LogP contribution in [-0.2, 0) is 59.2 Å². The number of aromatic nitrogens is 2. The molecule has 5 N–H and O–H groups in total. The van der Waals surface area contributed by atoms with Gasteiger partial charge < -0.3 is 60.7 Å². The third-order valence-electron chi connectivity index (χ3n) is 17.5. The zero-order valence-corrected chi connectivity index (χ0v) is 59.3. The molecule has 11 amide bonds. The van der Waals surface area contributed by atoms with Crippen molar-refractivity contribution in [2.75, 3.05) is 49.3 Å². The lowest BCUT2D eigenvalue weighted by molar-refractivity contribution is -0.157. The van der Waals surface area contributed by atoms with Gasteiger partial charge in [-0.3, -0.25) is 62.7 Å². The number of aliphatic hydroxyl groups is 1. The zero-order valence-electron chi connectivity index (χ0n) is 59.3. The highest BCUT2D eigenvalue weighted by Gasteiger charge is 2.46. The monoisotopic (exact) mass is 1280 g/mol. The van der Waals surface area contributed by atoms with Crippen LogP contribution in [0, 0.1) is 41.4 Å². The predicted octanol–water partition coefficient (Wildman–Crippen LogP) is 3.50. The minimum atomic E-state index is -1.65. The molecule has 0 saturated carbocycles. The molecule has 91 heavy (non-hydrogen) atoms. The van der Waals surface area contributed by atoms with Crippen molar-refractivity contribution in [1.82, 2.24) is 65.5 Å². The van der Waals surface area contributed by atoms with E-state index in [0.29, 0.717) is 25.0 Å². The van der Waals surface area contributed by atoms with Crippen LogP contribution in [0.25, 0.3) is 0 Å². The van der Waals surface area contributed by atoms with Gasteiger partial charge >= 0.3 is 0 Å². The summed E-state index contributed by atoms with van der Waals surface area (Å²) in [5.41, 5.74) is 0.714. The minimum absolute atomic E-state index is 0.00130. The Kier molecular flexibility index (Phi) is 32.2. The SMILES string of the molecule is CC[C@@H]1NC(=O)[C@@H]([C@H](O)[C@H](C)CCCc2cnccn2)N(C)C(=O)[C@H](C(C)C)N(C)C(=O)[C@H](CC(C)C)N(C)C(=O)[C@H](CC(C)C)N(C)C(=O)[C@@H](C)NC(=O)[C@H](C)NC(=O)[C@H](CC(C)C)N(C)C(=O)[C@H](C(C)C)NC(=O)[C@H](CC(C)C)N(C)C(=O)[C@@H](C)N(C)C1=O. The summed E-state index contributed by atoms with van der Waals surface area (Å²) >= 11 is 0. The van der Waals surface area contributed by atoms with Gasteiger partial charge in [-0.15, -0.1) is 0 Å². The first-order chi connectivity index (χ1) is 42.2. The molecule has 1 aliphatic rings. The van der Waals surface area contributed by atoms with E-state index in [4.69, 9.17) is 0 Å². The van der Waals surface area contributed by atoms with E-state index in [1.165, 1.54) is 94.6 Å². The van der Waals surface area contributed by atoms with E-state index in [2.05, 4.69) is 31.2 Å². The smallest absolute Gasteiger partial charge is 0.246 e. The molecular formula is C66H115N13O12. The number of amides is 11. The highest BCUT2D eigenvalue weighted by molar-refractivity contribution is 6.00. The van der Waals surface area contributed by atoms with Crippen LogP contribution in [-0.4, -0.2) is 236 Å². The molecule has 13 atom stereocenters. The number of carbonyl (C=O) groups excluding carboxylic acids is 11. The van der Waals surface area contributed by atoms with Gasteiger partial charge in [0.05, 0.1) is 11.8 Å². The molecule has 25 nitrogen and oxygen atoms in total. The van der Waals surface area contributed by atoms with Crippen LogP contribution >= 0.6 is 0 Å². The van der Waals surface area contributed by atoms with Crippen LogP contribution in [0.2, 0.25) is 0 Å². The maximum absolute atomic E-state index is 15.4. The van der Waals surface area contributed by atoms with Crippen LogP contribution < -0.4 is 21.3 Å². The van der Waals surface area contributed by atoms with E-state index in [0.717, 1.165) is 9.80 Å². The molecule has 1 aromatic heterocycles. The number of nitrogens with zero attached hydrogens (tertiary/aromatic N) is 9. The Morgan fingerprint density at radius 2 is 0.890 bits per heavy atom. The highest BCUT2D eigenvalue weighted by atomic mass is 16.3. The van der Waals surface area contributed by atoms with Crippen LogP contribution in [0.3, 0.4) is 0 Å². The van der Waals surface area contributed by atoms with Crippen molar-refractivity contribution in [3.8, 4) is 0 Å². The van der Waals surface area contributed by atoms with Gasteiger partial charge in [0.25, 0.3) is 0 Å². The molecule has 0 aromatic carbocycles. The summed E-state index contributed by atoms with van der Waals surface area (Å²) in [6.45, 7) is 29.6. The first-order valence-corrected chi connectivity index (χ1v) is 32.7. The van der Waals surface area contributed by atoms with Gasteiger partial charge in [-0.05, 0) is 114 Å². The lowest BCUT2D eigenvalue weighted by Gasteiger charge is -2.41. The second-order valence-electron chi connectivity index (χ2n) is 27.8. The van der Waals surface area contributed by atoms with Crippen molar-refractivity contribution >= 4 is 65.0 Å². The molecule has 2 heterocycles. The predicted molar refractivity (Wildman–Crippen MR) is 349 cm³/mol. The van der Waals surface area contributed by atoms with Crippen LogP contribution in [0.1, 0.15) is 168 Å². The van der Waals surface area contributed by atoms with E-state index in [-0.39, 0.29) is 55.8 Å². The fourth-order valence-electron chi connectivity index (χ4n) is 11.6. The Morgan fingerprint density at radius 1 is 0.451 bits per heavy atom. The van der Waals surface area contributed by atoms with Gasteiger partial charge in [0.2, 0.25) is 65.0 Å². The summed E-state index contributed by atoms with van der Waals surface area (Å²) in [4.78, 5) is 179. The van der Waals surface area contributed by atoms with Crippen molar-refractivity contribution in [3.05, 3.63) is 24.3 Å². The average molecular weight is 1280 g/mol. The Bertz CT molecular complexity index is 2620.